The monoisotopic (exact) mass is 384 g/mol. The van der Waals surface area contributed by atoms with Gasteiger partial charge in [0.15, 0.2) is 5.13 Å². The van der Waals surface area contributed by atoms with Crippen LogP contribution in [-0.4, -0.2) is 20.7 Å². The number of carbonyl (C=O) groups excluding carboxylic acids is 1. The zero-order valence-corrected chi connectivity index (χ0v) is 14.7. The molecule has 3 aromatic rings. The average Bonchev–Trinajstić information content (AvgIpc) is 3.10. The van der Waals surface area contributed by atoms with E-state index in [2.05, 4.69) is 10.3 Å². The molecule has 27 heavy (non-hydrogen) atoms. The Morgan fingerprint density at radius 3 is 2.41 bits per heavy atom. The number of anilines is 1. The molecule has 0 saturated heterocycles. The number of amides is 1. The SMILES string of the molecule is Cc1ccc(-c2csc(NC(=O)c3ccc([N+](=O)[O-])cc3)n2)cc1[N+](=O)[O-]. The third kappa shape index (κ3) is 3.96. The van der Waals surface area contributed by atoms with Crippen molar-refractivity contribution < 1.29 is 14.6 Å². The van der Waals surface area contributed by atoms with E-state index in [0.29, 0.717) is 22.0 Å². The lowest BCUT2D eigenvalue weighted by atomic mass is 10.1. The van der Waals surface area contributed by atoms with Crippen molar-refractivity contribution in [2.45, 2.75) is 6.92 Å². The Hall–Kier alpha value is -3.66. The summed E-state index contributed by atoms with van der Waals surface area (Å²) in [5.74, 6) is -0.458. The molecule has 1 amide bonds. The van der Waals surface area contributed by atoms with Gasteiger partial charge in [0.05, 0.1) is 15.5 Å². The molecule has 0 aliphatic heterocycles. The number of rotatable bonds is 5. The van der Waals surface area contributed by atoms with Gasteiger partial charge in [-0.2, -0.15) is 0 Å². The van der Waals surface area contributed by atoms with Crippen LogP contribution in [0.25, 0.3) is 11.3 Å². The fraction of sp³-hybridized carbons (Fsp3) is 0.0588. The van der Waals surface area contributed by atoms with Crippen LogP contribution in [0.1, 0.15) is 15.9 Å². The number of nitrogens with one attached hydrogen (secondary N) is 1. The number of nitro benzene ring substituents is 2. The van der Waals surface area contributed by atoms with Crippen LogP contribution in [0.5, 0.6) is 0 Å². The minimum Gasteiger partial charge on any atom is -0.298 e. The van der Waals surface area contributed by atoms with Gasteiger partial charge in [-0.05, 0) is 19.1 Å². The molecular formula is C17H12N4O5S. The summed E-state index contributed by atoms with van der Waals surface area (Å²) >= 11 is 1.17. The smallest absolute Gasteiger partial charge is 0.272 e. The Morgan fingerprint density at radius 2 is 1.78 bits per heavy atom. The molecule has 10 heteroatoms. The first kappa shape index (κ1) is 18.1. The van der Waals surface area contributed by atoms with Crippen LogP contribution >= 0.6 is 11.3 Å². The Kier molecular flexibility index (Phi) is 4.90. The fourth-order valence-corrected chi connectivity index (χ4v) is 3.05. The summed E-state index contributed by atoms with van der Waals surface area (Å²) in [4.78, 5) is 37.2. The topological polar surface area (TPSA) is 128 Å². The van der Waals surface area contributed by atoms with E-state index in [1.54, 1.807) is 24.4 Å². The van der Waals surface area contributed by atoms with Crippen molar-refractivity contribution in [3.63, 3.8) is 0 Å². The van der Waals surface area contributed by atoms with Crippen LogP contribution in [-0.2, 0) is 0 Å². The van der Waals surface area contributed by atoms with E-state index in [1.807, 2.05) is 0 Å². The molecule has 3 rings (SSSR count). The molecule has 9 nitrogen and oxygen atoms in total. The number of benzene rings is 2. The molecule has 0 bridgehead atoms. The van der Waals surface area contributed by atoms with Crippen LogP contribution in [0.2, 0.25) is 0 Å². The highest BCUT2D eigenvalue weighted by Crippen LogP contribution is 2.29. The highest BCUT2D eigenvalue weighted by Gasteiger charge is 2.15. The largest absolute Gasteiger partial charge is 0.298 e. The third-order valence-corrected chi connectivity index (χ3v) is 4.52. The maximum absolute atomic E-state index is 12.2. The molecule has 0 fully saturated rings. The maximum Gasteiger partial charge on any atom is 0.272 e. The Labute approximate surface area is 156 Å². The zero-order valence-electron chi connectivity index (χ0n) is 13.9. The molecular weight excluding hydrogens is 372 g/mol. The van der Waals surface area contributed by atoms with Gasteiger partial charge in [-0.3, -0.25) is 30.3 Å². The van der Waals surface area contributed by atoms with E-state index in [1.165, 1.54) is 41.7 Å². The molecule has 2 aromatic carbocycles. The normalized spacial score (nSPS) is 10.4. The van der Waals surface area contributed by atoms with Gasteiger partial charge in [-0.1, -0.05) is 12.1 Å². The molecule has 0 saturated carbocycles. The second-order valence-corrected chi connectivity index (χ2v) is 6.41. The lowest BCUT2D eigenvalue weighted by Gasteiger charge is -2.02. The lowest BCUT2D eigenvalue weighted by molar-refractivity contribution is -0.385. The number of nitro groups is 2. The van der Waals surface area contributed by atoms with Gasteiger partial charge in [-0.15, -0.1) is 11.3 Å². The van der Waals surface area contributed by atoms with E-state index in [4.69, 9.17) is 0 Å². The summed E-state index contributed by atoms with van der Waals surface area (Å²) in [5, 5.41) is 26.3. The van der Waals surface area contributed by atoms with E-state index in [0.717, 1.165) is 0 Å². The van der Waals surface area contributed by atoms with Crippen molar-refractivity contribution in [1.29, 1.82) is 0 Å². The molecule has 0 aliphatic carbocycles. The molecule has 1 aromatic heterocycles. The number of non-ortho nitro benzene ring substituents is 1. The van der Waals surface area contributed by atoms with E-state index < -0.39 is 15.8 Å². The first-order valence-corrected chi connectivity index (χ1v) is 8.50. The summed E-state index contributed by atoms with van der Waals surface area (Å²) < 4.78 is 0. The number of aromatic nitrogens is 1. The zero-order chi connectivity index (χ0) is 19.6. The van der Waals surface area contributed by atoms with E-state index in [9.17, 15) is 25.0 Å². The number of aryl methyl sites for hydroxylation is 1. The fourth-order valence-electron chi connectivity index (χ4n) is 2.33. The van der Waals surface area contributed by atoms with Crippen molar-refractivity contribution in [1.82, 2.24) is 4.98 Å². The van der Waals surface area contributed by atoms with Crippen molar-refractivity contribution >= 4 is 33.8 Å². The number of carbonyl (C=O) groups is 1. The van der Waals surface area contributed by atoms with Crippen LogP contribution in [0.4, 0.5) is 16.5 Å². The molecule has 0 spiro atoms. The van der Waals surface area contributed by atoms with Gasteiger partial charge in [0.2, 0.25) is 0 Å². The van der Waals surface area contributed by atoms with Gasteiger partial charge in [-0.25, -0.2) is 4.98 Å². The molecule has 1 N–H and O–H groups in total. The second-order valence-electron chi connectivity index (χ2n) is 5.55. The van der Waals surface area contributed by atoms with E-state index >= 15 is 0 Å². The summed E-state index contributed by atoms with van der Waals surface area (Å²) in [5.41, 5.74) is 1.76. The van der Waals surface area contributed by atoms with Gasteiger partial charge < -0.3 is 0 Å². The summed E-state index contributed by atoms with van der Waals surface area (Å²) in [6.07, 6.45) is 0. The van der Waals surface area contributed by atoms with Crippen LogP contribution in [0, 0.1) is 27.2 Å². The Bertz CT molecular complexity index is 1050. The summed E-state index contributed by atoms with van der Waals surface area (Å²) in [6.45, 7) is 1.65. The van der Waals surface area contributed by atoms with E-state index in [-0.39, 0.29) is 16.9 Å². The average molecular weight is 384 g/mol. The quantitative estimate of drug-likeness (QED) is 0.519. The molecule has 0 unspecified atom stereocenters. The first-order valence-electron chi connectivity index (χ1n) is 7.62. The minimum absolute atomic E-state index is 0.00281. The number of thiazole rings is 1. The number of hydrogen-bond donors (Lipinski definition) is 1. The molecule has 0 atom stereocenters. The van der Waals surface area contributed by atoms with Gasteiger partial charge in [0.25, 0.3) is 17.3 Å². The highest BCUT2D eigenvalue weighted by molar-refractivity contribution is 7.14. The Morgan fingerprint density at radius 1 is 1.07 bits per heavy atom. The van der Waals surface area contributed by atoms with Crippen LogP contribution < -0.4 is 5.32 Å². The van der Waals surface area contributed by atoms with Gasteiger partial charge >= 0.3 is 0 Å². The predicted molar refractivity (Wildman–Crippen MR) is 100.0 cm³/mol. The molecule has 136 valence electrons. The Balaban J connectivity index is 1.78. The summed E-state index contributed by atoms with van der Waals surface area (Å²) in [6, 6.07) is 9.99. The third-order valence-electron chi connectivity index (χ3n) is 3.77. The second kappa shape index (κ2) is 7.30. The predicted octanol–water partition coefficient (Wildman–Crippen LogP) is 4.19. The highest BCUT2D eigenvalue weighted by atomic mass is 32.1. The first-order chi connectivity index (χ1) is 12.8. The van der Waals surface area contributed by atoms with Crippen molar-refractivity contribution in [3.8, 4) is 11.3 Å². The maximum atomic E-state index is 12.2. The van der Waals surface area contributed by atoms with Crippen molar-refractivity contribution in [2.24, 2.45) is 0 Å². The lowest BCUT2D eigenvalue weighted by Crippen LogP contribution is -2.11. The van der Waals surface area contributed by atoms with Crippen LogP contribution in [0.15, 0.2) is 47.8 Å². The number of nitrogens with zero attached hydrogens (tertiary/aromatic N) is 3. The van der Waals surface area contributed by atoms with Crippen molar-refractivity contribution in [3.05, 3.63) is 79.2 Å². The molecule has 0 radical (unpaired) electrons. The van der Waals surface area contributed by atoms with Crippen LogP contribution in [0.3, 0.4) is 0 Å². The summed E-state index contributed by atoms with van der Waals surface area (Å²) in [7, 11) is 0. The number of hydrogen-bond acceptors (Lipinski definition) is 7. The standard InChI is InChI=1S/C17H12N4O5S/c1-10-2-3-12(8-15(10)21(25)26)14-9-27-17(18-14)19-16(22)11-4-6-13(7-5-11)20(23)24/h2-9H,1H3,(H,18,19,22). The van der Waals surface area contributed by atoms with Crippen molar-refractivity contribution in [2.75, 3.05) is 5.32 Å². The molecule has 1 heterocycles. The van der Waals surface area contributed by atoms with Gasteiger partial charge in [0, 0.05) is 40.3 Å². The minimum atomic E-state index is -0.546. The van der Waals surface area contributed by atoms with Gasteiger partial charge in [0.1, 0.15) is 0 Å². The molecule has 0 aliphatic rings.